The van der Waals surface area contributed by atoms with Crippen LogP contribution in [-0.4, -0.2) is 45.4 Å². The lowest BCUT2D eigenvalue weighted by Gasteiger charge is -2.38. The summed E-state index contributed by atoms with van der Waals surface area (Å²) >= 11 is 0. The van der Waals surface area contributed by atoms with E-state index in [1.54, 1.807) is 36.4 Å². The topological polar surface area (TPSA) is 66.5 Å². The number of amides is 1. The minimum atomic E-state index is -3.43. The van der Waals surface area contributed by atoms with Crippen molar-refractivity contribution in [3.05, 3.63) is 65.7 Å². The first-order chi connectivity index (χ1) is 13.5. The first-order valence-electron chi connectivity index (χ1n) is 9.84. The molecule has 1 N–H and O–H groups in total. The predicted octanol–water partition coefficient (Wildman–Crippen LogP) is 3.30. The Kier molecular flexibility index (Phi) is 6.66. The summed E-state index contributed by atoms with van der Waals surface area (Å²) < 4.78 is 25.3. The zero-order chi connectivity index (χ0) is 19.6. The largest absolute Gasteiger partial charge is 0.339 e. The molecule has 2 aliphatic rings. The maximum absolute atomic E-state index is 12.8. The van der Waals surface area contributed by atoms with Crippen molar-refractivity contribution in [3.8, 4) is 0 Å². The van der Waals surface area contributed by atoms with Crippen LogP contribution in [0.3, 0.4) is 0 Å². The Hall–Kier alpha value is -1.89. The second-order valence-electron chi connectivity index (χ2n) is 7.99. The predicted molar refractivity (Wildman–Crippen MR) is 116 cm³/mol. The van der Waals surface area contributed by atoms with Crippen molar-refractivity contribution in [1.29, 1.82) is 0 Å². The van der Waals surface area contributed by atoms with Gasteiger partial charge in [0, 0.05) is 25.2 Å². The van der Waals surface area contributed by atoms with Gasteiger partial charge in [0.2, 0.25) is 0 Å². The summed E-state index contributed by atoms with van der Waals surface area (Å²) in [7, 11) is -3.43. The summed E-state index contributed by atoms with van der Waals surface area (Å²) in [6.07, 6.45) is 3.27. The van der Waals surface area contributed by atoms with Gasteiger partial charge in [0.05, 0.1) is 10.6 Å². The number of carbonyl (C=O) groups is 1. The van der Waals surface area contributed by atoms with Crippen LogP contribution in [0.2, 0.25) is 0 Å². The van der Waals surface area contributed by atoms with Crippen molar-refractivity contribution in [2.24, 2.45) is 5.41 Å². The zero-order valence-corrected chi connectivity index (χ0v) is 18.0. The highest BCUT2D eigenvalue weighted by Crippen LogP contribution is 2.37. The Morgan fingerprint density at radius 2 is 1.62 bits per heavy atom. The second kappa shape index (κ2) is 8.86. The first kappa shape index (κ1) is 21.8. The third-order valence-electron chi connectivity index (χ3n) is 6.10. The molecular weight excluding hydrogens is 408 g/mol. The van der Waals surface area contributed by atoms with E-state index in [1.807, 2.05) is 23.1 Å². The van der Waals surface area contributed by atoms with E-state index in [1.165, 1.54) is 6.42 Å². The molecule has 2 aromatic rings. The Balaban J connectivity index is 0.00000240. The maximum Gasteiger partial charge on any atom is 0.253 e. The first-order valence-corrected chi connectivity index (χ1v) is 11.5. The molecule has 1 amide bonds. The summed E-state index contributed by atoms with van der Waals surface area (Å²) in [5.74, 6) is -0.0450. The Bertz CT molecular complexity index is 930. The van der Waals surface area contributed by atoms with Crippen LogP contribution in [0, 0.1) is 5.41 Å². The van der Waals surface area contributed by atoms with Crippen LogP contribution < -0.4 is 5.32 Å². The quantitative estimate of drug-likeness (QED) is 0.801. The third kappa shape index (κ3) is 4.82. The van der Waals surface area contributed by atoms with Crippen LogP contribution in [0.4, 0.5) is 0 Å². The fourth-order valence-corrected chi connectivity index (χ4v) is 5.62. The van der Waals surface area contributed by atoms with Crippen molar-refractivity contribution in [3.63, 3.8) is 0 Å². The average molecular weight is 435 g/mol. The molecule has 2 fully saturated rings. The number of piperidine rings is 1. The van der Waals surface area contributed by atoms with Crippen molar-refractivity contribution in [1.82, 2.24) is 10.2 Å². The molecule has 0 aliphatic carbocycles. The maximum atomic E-state index is 12.8. The molecule has 156 valence electrons. The Morgan fingerprint density at radius 3 is 2.21 bits per heavy atom. The van der Waals surface area contributed by atoms with Gasteiger partial charge in [-0.1, -0.05) is 30.3 Å². The molecule has 0 atom stereocenters. The zero-order valence-electron chi connectivity index (χ0n) is 16.3. The molecule has 29 heavy (non-hydrogen) atoms. The van der Waals surface area contributed by atoms with Gasteiger partial charge in [0.15, 0.2) is 9.84 Å². The lowest BCUT2D eigenvalue weighted by molar-refractivity contribution is 0.0607. The lowest BCUT2D eigenvalue weighted by atomic mass is 9.78. The van der Waals surface area contributed by atoms with E-state index in [-0.39, 0.29) is 29.0 Å². The molecule has 5 nitrogen and oxygen atoms in total. The minimum Gasteiger partial charge on any atom is -0.339 e. The van der Waals surface area contributed by atoms with Gasteiger partial charge >= 0.3 is 0 Å². The molecule has 0 saturated carbocycles. The van der Waals surface area contributed by atoms with Crippen LogP contribution in [0.1, 0.15) is 35.2 Å². The minimum absolute atomic E-state index is 0. The summed E-state index contributed by atoms with van der Waals surface area (Å²) in [6.45, 7) is 3.68. The van der Waals surface area contributed by atoms with E-state index in [2.05, 4.69) is 5.32 Å². The molecule has 2 aliphatic heterocycles. The molecule has 0 radical (unpaired) electrons. The number of nitrogens with one attached hydrogen (secondary N) is 1. The molecule has 2 aromatic carbocycles. The third-order valence-corrected chi connectivity index (χ3v) is 7.81. The highest BCUT2D eigenvalue weighted by molar-refractivity contribution is 7.90. The standard InChI is InChI=1S/C22H26N2O3S.ClH/c25-21(24-14-11-22(12-15-24)10-13-23-17-22)19-6-8-20(9-7-19)28(26,27)16-18-4-2-1-3-5-18;/h1-9,23H,10-17H2;1H. The Labute approximate surface area is 178 Å². The van der Waals surface area contributed by atoms with Crippen LogP contribution in [0.5, 0.6) is 0 Å². The number of halogens is 1. The van der Waals surface area contributed by atoms with E-state index in [0.29, 0.717) is 11.0 Å². The molecule has 1 spiro atoms. The molecule has 2 heterocycles. The van der Waals surface area contributed by atoms with Gasteiger partial charge in [-0.15, -0.1) is 12.4 Å². The van der Waals surface area contributed by atoms with Crippen LogP contribution >= 0.6 is 12.4 Å². The number of hydrogen-bond donors (Lipinski definition) is 1. The smallest absolute Gasteiger partial charge is 0.253 e. The number of benzene rings is 2. The van der Waals surface area contributed by atoms with E-state index in [9.17, 15) is 13.2 Å². The number of likely N-dealkylation sites (tertiary alicyclic amines) is 1. The number of carbonyl (C=O) groups excluding carboxylic acids is 1. The molecular formula is C22H27ClN2O3S. The highest BCUT2D eigenvalue weighted by Gasteiger charge is 2.38. The van der Waals surface area contributed by atoms with Gasteiger partial charge in [-0.05, 0) is 61.1 Å². The fraction of sp³-hybridized carbons (Fsp3) is 0.409. The summed E-state index contributed by atoms with van der Waals surface area (Å²) in [6, 6.07) is 15.5. The molecule has 0 bridgehead atoms. The average Bonchev–Trinajstić information content (AvgIpc) is 3.16. The van der Waals surface area contributed by atoms with Crippen LogP contribution in [0.25, 0.3) is 0 Å². The van der Waals surface area contributed by atoms with Crippen molar-refractivity contribution < 1.29 is 13.2 Å². The number of rotatable bonds is 4. The van der Waals surface area contributed by atoms with E-state index in [4.69, 9.17) is 0 Å². The molecule has 0 unspecified atom stereocenters. The SMILES string of the molecule is Cl.O=C(c1ccc(S(=O)(=O)Cc2ccccc2)cc1)N1CCC2(CCNC2)CC1. The molecule has 2 saturated heterocycles. The Morgan fingerprint density at radius 1 is 0.966 bits per heavy atom. The molecule has 0 aromatic heterocycles. The van der Waals surface area contributed by atoms with Gasteiger partial charge in [-0.2, -0.15) is 0 Å². The van der Waals surface area contributed by atoms with Crippen molar-refractivity contribution in [2.75, 3.05) is 26.2 Å². The number of hydrogen-bond acceptors (Lipinski definition) is 4. The van der Waals surface area contributed by atoms with Crippen molar-refractivity contribution in [2.45, 2.75) is 29.9 Å². The van der Waals surface area contributed by atoms with Gasteiger partial charge in [0.25, 0.3) is 5.91 Å². The van der Waals surface area contributed by atoms with Crippen molar-refractivity contribution >= 4 is 28.2 Å². The number of nitrogens with zero attached hydrogens (tertiary/aromatic N) is 1. The van der Waals surface area contributed by atoms with Gasteiger partial charge in [-0.25, -0.2) is 8.42 Å². The number of sulfone groups is 1. The second-order valence-corrected chi connectivity index (χ2v) is 9.98. The normalized spacial score (nSPS) is 18.4. The van der Waals surface area contributed by atoms with Crippen LogP contribution in [-0.2, 0) is 15.6 Å². The van der Waals surface area contributed by atoms with Crippen LogP contribution in [0.15, 0.2) is 59.5 Å². The van der Waals surface area contributed by atoms with Gasteiger partial charge in [0.1, 0.15) is 0 Å². The highest BCUT2D eigenvalue weighted by atomic mass is 35.5. The van der Waals surface area contributed by atoms with E-state index in [0.717, 1.165) is 44.6 Å². The van der Waals surface area contributed by atoms with Gasteiger partial charge in [-0.3, -0.25) is 4.79 Å². The van der Waals surface area contributed by atoms with E-state index < -0.39 is 9.84 Å². The monoisotopic (exact) mass is 434 g/mol. The van der Waals surface area contributed by atoms with Gasteiger partial charge < -0.3 is 10.2 Å². The van der Waals surface area contributed by atoms with E-state index >= 15 is 0 Å². The molecule has 4 rings (SSSR count). The summed E-state index contributed by atoms with van der Waals surface area (Å²) in [4.78, 5) is 15.0. The fourth-order valence-electron chi connectivity index (χ4n) is 4.27. The molecule has 7 heteroatoms. The lowest BCUT2D eigenvalue weighted by Crippen LogP contribution is -2.44. The summed E-state index contributed by atoms with van der Waals surface area (Å²) in [5, 5.41) is 3.44. The summed E-state index contributed by atoms with van der Waals surface area (Å²) in [5.41, 5.74) is 1.68.